The van der Waals surface area contributed by atoms with E-state index in [1.807, 2.05) is 27.7 Å². The Bertz CT molecular complexity index is 327. The number of hydrogen-bond donors (Lipinski definition) is 2. The van der Waals surface area contributed by atoms with Crippen LogP contribution in [0.4, 0.5) is 4.79 Å². The molecule has 2 aliphatic rings. The molecular weight excluding hydrogens is 244 g/mol. The van der Waals surface area contributed by atoms with Crippen LogP contribution in [0.1, 0.15) is 40.5 Å². The van der Waals surface area contributed by atoms with Crippen LogP contribution in [0.2, 0.25) is 0 Å². The van der Waals surface area contributed by atoms with E-state index in [0.717, 1.165) is 32.5 Å². The van der Waals surface area contributed by atoms with Gasteiger partial charge >= 0.3 is 6.09 Å². The van der Waals surface area contributed by atoms with Gasteiger partial charge in [-0.3, -0.25) is 0 Å². The molecule has 1 spiro atoms. The van der Waals surface area contributed by atoms with E-state index in [2.05, 4.69) is 10.6 Å². The molecule has 1 amide bonds. The first-order chi connectivity index (χ1) is 8.82. The lowest BCUT2D eigenvalue weighted by Gasteiger charge is -2.38. The predicted octanol–water partition coefficient (Wildman–Crippen LogP) is 1.67. The van der Waals surface area contributed by atoms with Gasteiger partial charge in [0.25, 0.3) is 0 Å². The third-order valence-corrected chi connectivity index (χ3v) is 4.03. The molecule has 0 aromatic heterocycles. The SMILES string of the molecule is C[C@H]1OCC2(CCNCC2)[C@@H]1NC(=O)OC(C)(C)C. The number of nitrogens with one attached hydrogen (secondary N) is 2. The maximum Gasteiger partial charge on any atom is 0.407 e. The maximum atomic E-state index is 12.0. The lowest BCUT2D eigenvalue weighted by Crippen LogP contribution is -2.54. The van der Waals surface area contributed by atoms with Gasteiger partial charge in [0.1, 0.15) is 5.60 Å². The zero-order valence-corrected chi connectivity index (χ0v) is 12.4. The second-order valence-corrected chi connectivity index (χ2v) is 6.75. The smallest absolute Gasteiger partial charge is 0.407 e. The zero-order valence-electron chi connectivity index (χ0n) is 12.4. The molecule has 2 saturated heterocycles. The van der Waals surface area contributed by atoms with Crippen LogP contribution < -0.4 is 10.6 Å². The van der Waals surface area contributed by atoms with Gasteiger partial charge in [-0.25, -0.2) is 4.79 Å². The second kappa shape index (κ2) is 5.29. The van der Waals surface area contributed by atoms with Crippen molar-refractivity contribution in [2.75, 3.05) is 19.7 Å². The average molecular weight is 270 g/mol. The molecule has 0 aliphatic carbocycles. The summed E-state index contributed by atoms with van der Waals surface area (Å²) in [6.07, 6.45) is 1.79. The summed E-state index contributed by atoms with van der Waals surface area (Å²) in [5, 5.41) is 6.40. The number of piperidine rings is 1. The number of amides is 1. The van der Waals surface area contributed by atoms with Crippen molar-refractivity contribution in [3.05, 3.63) is 0 Å². The van der Waals surface area contributed by atoms with Crippen molar-refractivity contribution in [2.24, 2.45) is 5.41 Å². The fourth-order valence-electron chi connectivity index (χ4n) is 3.07. The van der Waals surface area contributed by atoms with Gasteiger partial charge in [-0.05, 0) is 53.6 Å². The van der Waals surface area contributed by atoms with Crippen LogP contribution in [0.25, 0.3) is 0 Å². The van der Waals surface area contributed by atoms with Crippen LogP contribution in [-0.4, -0.2) is 43.5 Å². The molecule has 5 nitrogen and oxygen atoms in total. The number of ether oxygens (including phenoxy) is 2. The van der Waals surface area contributed by atoms with Gasteiger partial charge < -0.3 is 20.1 Å². The van der Waals surface area contributed by atoms with Gasteiger partial charge in [0.15, 0.2) is 0 Å². The van der Waals surface area contributed by atoms with E-state index in [0.29, 0.717) is 0 Å². The Labute approximate surface area is 115 Å². The lowest BCUT2D eigenvalue weighted by molar-refractivity contribution is 0.0431. The van der Waals surface area contributed by atoms with E-state index < -0.39 is 5.60 Å². The van der Waals surface area contributed by atoms with Crippen LogP contribution in [0.5, 0.6) is 0 Å². The zero-order chi connectivity index (χ0) is 14.1. The molecule has 2 rings (SSSR count). The van der Waals surface area contributed by atoms with Crippen LogP contribution >= 0.6 is 0 Å². The van der Waals surface area contributed by atoms with E-state index in [-0.39, 0.29) is 23.7 Å². The Morgan fingerprint density at radius 3 is 2.58 bits per heavy atom. The quantitative estimate of drug-likeness (QED) is 0.761. The number of alkyl carbamates (subject to hydrolysis) is 1. The largest absolute Gasteiger partial charge is 0.444 e. The maximum absolute atomic E-state index is 12.0. The molecule has 110 valence electrons. The van der Waals surface area contributed by atoms with Gasteiger partial charge in [0, 0.05) is 5.41 Å². The summed E-state index contributed by atoms with van der Waals surface area (Å²) in [5.41, 5.74) is -0.393. The van der Waals surface area contributed by atoms with Crippen molar-refractivity contribution in [3.63, 3.8) is 0 Å². The Kier molecular flexibility index (Phi) is 4.06. The highest BCUT2D eigenvalue weighted by Gasteiger charge is 2.49. The number of rotatable bonds is 1. The summed E-state index contributed by atoms with van der Waals surface area (Å²) in [5.74, 6) is 0. The minimum Gasteiger partial charge on any atom is -0.444 e. The molecule has 0 unspecified atom stereocenters. The van der Waals surface area contributed by atoms with E-state index in [9.17, 15) is 4.79 Å². The first-order valence-electron chi connectivity index (χ1n) is 7.14. The van der Waals surface area contributed by atoms with Crippen LogP contribution in [-0.2, 0) is 9.47 Å². The third-order valence-electron chi connectivity index (χ3n) is 4.03. The van der Waals surface area contributed by atoms with Crippen molar-refractivity contribution in [1.82, 2.24) is 10.6 Å². The average Bonchev–Trinajstić information content (AvgIpc) is 2.57. The fraction of sp³-hybridized carbons (Fsp3) is 0.929. The fourth-order valence-corrected chi connectivity index (χ4v) is 3.07. The molecule has 0 aromatic carbocycles. The number of hydrogen-bond acceptors (Lipinski definition) is 4. The highest BCUT2D eigenvalue weighted by molar-refractivity contribution is 5.68. The third kappa shape index (κ3) is 3.39. The van der Waals surface area contributed by atoms with E-state index >= 15 is 0 Å². The first-order valence-corrected chi connectivity index (χ1v) is 7.14. The summed E-state index contributed by atoms with van der Waals surface area (Å²) in [4.78, 5) is 12.0. The summed E-state index contributed by atoms with van der Waals surface area (Å²) >= 11 is 0. The van der Waals surface area contributed by atoms with E-state index in [4.69, 9.17) is 9.47 Å². The van der Waals surface area contributed by atoms with Gasteiger partial charge in [0.05, 0.1) is 18.8 Å². The van der Waals surface area contributed by atoms with Gasteiger partial charge in [-0.15, -0.1) is 0 Å². The van der Waals surface area contributed by atoms with Gasteiger partial charge in [-0.2, -0.15) is 0 Å². The molecule has 2 aliphatic heterocycles. The second-order valence-electron chi connectivity index (χ2n) is 6.75. The normalized spacial score (nSPS) is 30.3. The van der Waals surface area contributed by atoms with Crippen molar-refractivity contribution in [2.45, 2.75) is 58.3 Å². The molecule has 2 atom stereocenters. The van der Waals surface area contributed by atoms with Crippen LogP contribution in [0.15, 0.2) is 0 Å². The molecular formula is C14H26N2O3. The minimum atomic E-state index is -0.464. The molecule has 2 N–H and O–H groups in total. The molecule has 2 heterocycles. The Balaban J connectivity index is 2.01. The van der Waals surface area contributed by atoms with Crippen LogP contribution in [0, 0.1) is 5.41 Å². The summed E-state index contributed by atoms with van der Waals surface area (Å²) in [6, 6.07) is 0.0458. The van der Waals surface area contributed by atoms with Gasteiger partial charge in [-0.1, -0.05) is 0 Å². The van der Waals surface area contributed by atoms with Crippen molar-refractivity contribution in [1.29, 1.82) is 0 Å². The molecule has 0 bridgehead atoms. The van der Waals surface area contributed by atoms with Crippen molar-refractivity contribution < 1.29 is 14.3 Å². The highest BCUT2D eigenvalue weighted by Crippen LogP contribution is 2.40. The summed E-state index contributed by atoms with van der Waals surface area (Å²) < 4.78 is 11.2. The topological polar surface area (TPSA) is 59.6 Å². The first kappa shape index (κ1) is 14.6. The number of carbonyl (C=O) groups excluding carboxylic acids is 1. The molecule has 2 fully saturated rings. The standard InChI is InChI=1S/C14H26N2O3/c1-10-11(16-12(17)19-13(2,3)4)14(9-18-10)5-7-15-8-6-14/h10-11,15H,5-9H2,1-4H3,(H,16,17)/t10-,11-/m1/s1. The number of carbonyl (C=O) groups is 1. The van der Waals surface area contributed by atoms with Crippen molar-refractivity contribution in [3.8, 4) is 0 Å². The predicted molar refractivity (Wildman–Crippen MR) is 73.1 cm³/mol. The monoisotopic (exact) mass is 270 g/mol. The molecule has 19 heavy (non-hydrogen) atoms. The molecule has 5 heteroatoms. The molecule has 0 radical (unpaired) electrons. The Hall–Kier alpha value is -0.810. The molecule has 0 aromatic rings. The van der Waals surface area contributed by atoms with E-state index in [1.165, 1.54) is 0 Å². The van der Waals surface area contributed by atoms with Crippen LogP contribution in [0.3, 0.4) is 0 Å². The van der Waals surface area contributed by atoms with E-state index in [1.54, 1.807) is 0 Å². The highest BCUT2D eigenvalue weighted by atomic mass is 16.6. The Morgan fingerprint density at radius 2 is 2.00 bits per heavy atom. The minimum absolute atomic E-state index is 0.0458. The lowest BCUT2D eigenvalue weighted by atomic mass is 9.73. The summed E-state index contributed by atoms with van der Waals surface area (Å²) in [7, 11) is 0. The Morgan fingerprint density at radius 1 is 1.37 bits per heavy atom. The van der Waals surface area contributed by atoms with Crippen molar-refractivity contribution >= 4 is 6.09 Å². The van der Waals surface area contributed by atoms with Gasteiger partial charge in [0.2, 0.25) is 0 Å². The molecule has 0 saturated carbocycles. The summed E-state index contributed by atoms with van der Waals surface area (Å²) in [6.45, 7) is 10.4.